The Morgan fingerprint density at radius 1 is 1.10 bits per heavy atom. The van der Waals surface area contributed by atoms with Crippen molar-refractivity contribution in [2.75, 3.05) is 0 Å². The van der Waals surface area contributed by atoms with Crippen LogP contribution >= 0.6 is 0 Å². The molecule has 0 aromatic heterocycles. The predicted molar refractivity (Wildman–Crippen MR) is 124 cm³/mol. The summed E-state index contributed by atoms with van der Waals surface area (Å²) in [5, 5.41) is 0. The lowest BCUT2D eigenvalue weighted by Crippen LogP contribution is -2.51. The highest BCUT2D eigenvalue weighted by atomic mass is 16.5. The number of hydrogen-bond acceptors (Lipinski definition) is 3. The van der Waals surface area contributed by atoms with E-state index in [-0.39, 0.29) is 12.1 Å². The van der Waals surface area contributed by atoms with Crippen LogP contribution in [-0.4, -0.2) is 17.9 Å². The van der Waals surface area contributed by atoms with E-state index >= 15 is 0 Å². The molecular formula is C28H44O3. The van der Waals surface area contributed by atoms with Crippen LogP contribution in [0, 0.1) is 40.4 Å². The van der Waals surface area contributed by atoms with E-state index in [1.165, 1.54) is 44.9 Å². The second-order valence-corrected chi connectivity index (χ2v) is 12.0. The minimum Gasteiger partial charge on any atom is -0.462 e. The van der Waals surface area contributed by atoms with Crippen LogP contribution in [-0.2, 0) is 14.3 Å². The summed E-state index contributed by atoms with van der Waals surface area (Å²) in [6.07, 6.45) is 15.6. The van der Waals surface area contributed by atoms with Crippen LogP contribution in [0.5, 0.6) is 0 Å². The Hall–Kier alpha value is -1.12. The Morgan fingerprint density at radius 3 is 2.58 bits per heavy atom. The first kappa shape index (κ1) is 23.1. The average molecular weight is 429 g/mol. The molecular weight excluding hydrogens is 384 g/mol. The fourth-order valence-corrected chi connectivity index (χ4v) is 8.81. The van der Waals surface area contributed by atoms with Crippen molar-refractivity contribution in [1.29, 1.82) is 0 Å². The Kier molecular flexibility index (Phi) is 6.45. The molecule has 4 aliphatic rings. The van der Waals surface area contributed by atoms with Gasteiger partial charge in [-0.05, 0) is 98.7 Å². The molecule has 3 saturated carbocycles. The van der Waals surface area contributed by atoms with Crippen molar-refractivity contribution < 1.29 is 14.3 Å². The minimum absolute atomic E-state index is 0.0916. The maximum absolute atomic E-state index is 11.5. The number of allylic oxidation sites excluding steroid dienone is 1. The van der Waals surface area contributed by atoms with Gasteiger partial charge in [-0.3, -0.25) is 4.79 Å². The molecule has 0 heterocycles. The van der Waals surface area contributed by atoms with Crippen molar-refractivity contribution in [2.24, 2.45) is 40.4 Å². The Morgan fingerprint density at radius 2 is 1.87 bits per heavy atom. The Labute approximate surface area is 189 Å². The fraction of sp³-hybridized carbons (Fsp3) is 0.857. The molecule has 3 nitrogen and oxygen atoms in total. The van der Waals surface area contributed by atoms with E-state index in [1.54, 1.807) is 19.4 Å². The summed E-state index contributed by atoms with van der Waals surface area (Å²) < 4.78 is 5.59. The summed E-state index contributed by atoms with van der Waals surface area (Å²) in [6, 6.07) is 0. The third-order valence-electron chi connectivity index (χ3n) is 10.3. The molecule has 8 atom stereocenters. The summed E-state index contributed by atoms with van der Waals surface area (Å²) in [4.78, 5) is 22.8. The van der Waals surface area contributed by atoms with Crippen molar-refractivity contribution in [3.8, 4) is 0 Å². The summed E-state index contributed by atoms with van der Waals surface area (Å²) in [5.74, 6) is 4.24. The van der Waals surface area contributed by atoms with Gasteiger partial charge in [-0.1, -0.05) is 38.8 Å². The maximum Gasteiger partial charge on any atom is 0.302 e. The molecule has 0 bridgehead atoms. The molecule has 31 heavy (non-hydrogen) atoms. The molecule has 0 aliphatic heterocycles. The van der Waals surface area contributed by atoms with Crippen molar-refractivity contribution >= 4 is 11.8 Å². The lowest BCUT2D eigenvalue weighted by Gasteiger charge is -2.58. The first-order chi connectivity index (χ1) is 14.6. The van der Waals surface area contributed by atoms with Gasteiger partial charge in [0, 0.05) is 19.8 Å². The summed E-state index contributed by atoms with van der Waals surface area (Å²) >= 11 is 0. The highest BCUT2D eigenvalue weighted by molar-refractivity contribution is 5.75. The number of esters is 1. The van der Waals surface area contributed by atoms with Crippen LogP contribution in [0.1, 0.15) is 105 Å². The lowest BCUT2D eigenvalue weighted by atomic mass is 9.47. The Balaban J connectivity index is 1.47. The van der Waals surface area contributed by atoms with E-state index in [0.717, 1.165) is 55.3 Å². The second kappa shape index (κ2) is 8.67. The largest absolute Gasteiger partial charge is 0.462 e. The van der Waals surface area contributed by atoms with Crippen LogP contribution in [0.2, 0.25) is 0 Å². The van der Waals surface area contributed by atoms with Gasteiger partial charge in [0.05, 0.1) is 0 Å². The third-order valence-corrected chi connectivity index (χ3v) is 10.3. The number of fused-ring (bicyclic) bond motifs is 5. The van der Waals surface area contributed by atoms with Gasteiger partial charge in [0.2, 0.25) is 0 Å². The van der Waals surface area contributed by atoms with Gasteiger partial charge in [-0.2, -0.15) is 0 Å². The average Bonchev–Trinajstić information content (AvgIpc) is 3.05. The number of carbonyl (C=O) groups excluding carboxylic acids is 2. The van der Waals surface area contributed by atoms with Gasteiger partial charge >= 0.3 is 5.97 Å². The number of ether oxygens (including phenoxy) is 1. The van der Waals surface area contributed by atoms with E-state index in [2.05, 4.69) is 26.8 Å². The SMILES string of the molecule is CC(=O)CCC[C@H](C)[C@@H]1CC[C@@H]2[C@@H]3CC=C4C[C@@H](OC(C)=O)CC[C@]4(C)[C@H]3CC[C@@]21C. The Bertz CT molecular complexity index is 739. The molecule has 4 rings (SSSR count). The second-order valence-electron chi connectivity index (χ2n) is 12.0. The van der Waals surface area contributed by atoms with Gasteiger partial charge in [0.25, 0.3) is 0 Å². The molecule has 0 radical (unpaired) electrons. The molecule has 0 saturated heterocycles. The van der Waals surface area contributed by atoms with Gasteiger partial charge in [0.1, 0.15) is 11.9 Å². The van der Waals surface area contributed by atoms with E-state index in [9.17, 15) is 9.59 Å². The first-order valence-electron chi connectivity index (χ1n) is 13.0. The van der Waals surface area contributed by atoms with Gasteiger partial charge in [-0.25, -0.2) is 0 Å². The zero-order valence-corrected chi connectivity index (χ0v) is 20.5. The van der Waals surface area contributed by atoms with Gasteiger partial charge in [-0.15, -0.1) is 0 Å². The van der Waals surface area contributed by atoms with Crippen LogP contribution in [0.3, 0.4) is 0 Å². The topological polar surface area (TPSA) is 43.4 Å². The quantitative estimate of drug-likeness (QED) is 0.342. The monoisotopic (exact) mass is 428 g/mol. The number of carbonyl (C=O) groups is 2. The zero-order chi connectivity index (χ0) is 22.4. The molecule has 0 amide bonds. The van der Waals surface area contributed by atoms with Crippen LogP contribution < -0.4 is 0 Å². The molecule has 0 spiro atoms. The summed E-state index contributed by atoms with van der Waals surface area (Å²) in [7, 11) is 0. The van der Waals surface area contributed by atoms with Crippen LogP contribution in [0.4, 0.5) is 0 Å². The third kappa shape index (κ3) is 4.15. The smallest absolute Gasteiger partial charge is 0.302 e. The molecule has 3 heteroatoms. The van der Waals surface area contributed by atoms with E-state index < -0.39 is 0 Å². The highest BCUT2D eigenvalue weighted by Crippen LogP contribution is 2.67. The summed E-state index contributed by atoms with van der Waals surface area (Å²) in [5.41, 5.74) is 2.38. The van der Waals surface area contributed by atoms with Crippen molar-refractivity contribution in [2.45, 2.75) is 111 Å². The minimum atomic E-state index is -0.134. The number of Topliss-reactive ketones (excluding diaryl/α,β-unsaturated/α-hetero) is 1. The van der Waals surface area contributed by atoms with Crippen molar-refractivity contribution in [1.82, 2.24) is 0 Å². The van der Waals surface area contributed by atoms with Crippen LogP contribution in [0.15, 0.2) is 11.6 Å². The van der Waals surface area contributed by atoms with E-state index in [0.29, 0.717) is 16.6 Å². The normalized spacial score (nSPS) is 42.6. The molecule has 0 aromatic carbocycles. The zero-order valence-electron chi connectivity index (χ0n) is 20.5. The van der Waals surface area contributed by atoms with Crippen molar-refractivity contribution in [3.05, 3.63) is 11.6 Å². The van der Waals surface area contributed by atoms with E-state index in [1.807, 2.05) is 0 Å². The van der Waals surface area contributed by atoms with Crippen molar-refractivity contribution in [3.63, 3.8) is 0 Å². The summed E-state index contributed by atoms with van der Waals surface area (Å²) in [6.45, 7) is 10.9. The molecule has 0 unspecified atom stereocenters. The highest BCUT2D eigenvalue weighted by Gasteiger charge is 2.59. The lowest BCUT2D eigenvalue weighted by molar-refractivity contribution is -0.148. The molecule has 174 valence electrons. The fourth-order valence-electron chi connectivity index (χ4n) is 8.81. The molecule has 0 N–H and O–H groups in total. The van der Waals surface area contributed by atoms with Gasteiger partial charge < -0.3 is 9.53 Å². The maximum atomic E-state index is 11.5. The van der Waals surface area contributed by atoms with E-state index in [4.69, 9.17) is 4.74 Å². The number of ketones is 1. The number of rotatable bonds is 6. The molecule has 0 aromatic rings. The standard InChI is InChI=1S/C28H44O3/c1-18(7-6-8-19(2)29)24-11-12-25-23-10-9-21-17-22(31-20(3)30)13-15-27(21,4)26(23)14-16-28(24,25)5/h9,18,22-26H,6-8,10-17H2,1-5H3/t18-,22-,23-,24-,25+,26-,27-,28+/m0/s1. The van der Waals surface area contributed by atoms with Crippen LogP contribution in [0.25, 0.3) is 0 Å². The number of hydrogen-bond donors (Lipinski definition) is 0. The van der Waals surface area contributed by atoms with Gasteiger partial charge in [0.15, 0.2) is 0 Å². The molecule has 3 fully saturated rings. The molecule has 4 aliphatic carbocycles. The predicted octanol–water partition coefficient (Wildman–Crippen LogP) is 6.89. The first-order valence-corrected chi connectivity index (χ1v) is 13.0.